The Hall–Kier alpha value is -1.79. The van der Waals surface area contributed by atoms with Crippen LogP contribution in [0.25, 0.3) is 0 Å². The Morgan fingerprint density at radius 3 is 2.20 bits per heavy atom. The molecule has 0 aromatic carbocycles. The number of carbonyl (C=O) groups is 3. The molecule has 3 N–H and O–H groups in total. The first-order valence-corrected chi connectivity index (χ1v) is 4.29. The molecule has 7 heteroatoms. The van der Waals surface area contributed by atoms with Gasteiger partial charge in [0.05, 0.1) is 0 Å². The minimum atomic E-state index is -1.22. The first-order chi connectivity index (χ1) is 6.90. The lowest BCUT2D eigenvalue weighted by Gasteiger charge is -2.23. The van der Waals surface area contributed by atoms with Crippen LogP contribution >= 0.6 is 0 Å². The molecule has 0 aliphatic heterocycles. The summed E-state index contributed by atoms with van der Waals surface area (Å²) in [6, 6.07) is -1.69. The summed E-state index contributed by atoms with van der Waals surface area (Å²) in [5, 5.41) is 19.5. The fourth-order valence-corrected chi connectivity index (χ4v) is 1.06. The van der Waals surface area contributed by atoms with Crippen molar-refractivity contribution in [3.63, 3.8) is 0 Å². The van der Waals surface area contributed by atoms with Crippen molar-refractivity contribution < 1.29 is 24.6 Å². The number of nitrogens with one attached hydrogen (secondary N) is 1. The molecule has 7 nitrogen and oxygen atoms in total. The Bertz CT molecular complexity index is 266. The molecule has 0 rings (SSSR count). The number of nitrogens with zero attached hydrogens (tertiary/aromatic N) is 1. The average Bonchev–Trinajstić information content (AvgIpc) is 2.15. The lowest BCUT2D eigenvalue weighted by Crippen LogP contribution is -2.46. The van der Waals surface area contributed by atoms with E-state index in [1.165, 1.54) is 14.1 Å². The normalized spacial score (nSPS) is 11.6. The molecule has 86 valence electrons. The Labute approximate surface area is 86.7 Å². The van der Waals surface area contributed by atoms with Crippen LogP contribution in [0.5, 0.6) is 0 Å². The zero-order valence-electron chi connectivity index (χ0n) is 8.56. The van der Waals surface area contributed by atoms with Crippen LogP contribution in [0.3, 0.4) is 0 Å². The first kappa shape index (κ1) is 13.2. The van der Waals surface area contributed by atoms with Gasteiger partial charge in [0.1, 0.15) is 6.04 Å². The number of rotatable bonds is 5. The van der Waals surface area contributed by atoms with Crippen molar-refractivity contribution in [3.8, 4) is 0 Å². The number of carboxylic acid groups (broad SMARTS) is 2. The van der Waals surface area contributed by atoms with Crippen LogP contribution < -0.4 is 5.32 Å². The molecule has 0 aliphatic rings. The van der Waals surface area contributed by atoms with Crippen LogP contribution in [0.1, 0.15) is 12.8 Å². The van der Waals surface area contributed by atoms with Crippen molar-refractivity contribution in [3.05, 3.63) is 0 Å². The zero-order chi connectivity index (χ0) is 12.0. The van der Waals surface area contributed by atoms with Gasteiger partial charge in [-0.25, -0.2) is 9.59 Å². The molecule has 0 heterocycles. The van der Waals surface area contributed by atoms with E-state index in [1.54, 1.807) is 0 Å². The van der Waals surface area contributed by atoms with Gasteiger partial charge in [-0.05, 0) is 6.42 Å². The molecule has 0 aromatic rings. The van der Waals surface area contributed by atoms with Crippen LogP contribution in [0, 0.1) is 0 Å². The summed E-state index contributed by atoms with van der Waals surface area (Å²) in [7, 11) is 2.68. The first-order valence-electron chi connectivity index (χ1n) is 4.29. The summed E-state index contributed by atoms with van der Waals surface area (Å²) < 4.78 is 0. The second-order valence-electron chi connectivity index (χ2n) is 2.95. The van der Waals surface area contributed by atoms with Gasteiger partial charge in [0.15, 0.2) is 0 Å². The summed E-state index contributed by atoms with van der Waals surface area (Å²) in [5.41, 5.74) is 0. The number of aliphatic carboxylic acids is 2. The standard InChI is InChI=1S/C8H14N2O5/c1-9-8(15)10(2)5(7(13)14)3-4-6(11)12/h5H,3-4H2,1-2H3,(H,9,15)(H,11,12)(H,13,14). The molecule has 2 amide bonds. The minimum Gasteiger partial charge on any atom is -0.481 e. The van der Waals surface area contributed by atoms with E-state index in [-0.39, 0.29) is 12.8 Å². The topological polar surface area (TPSA) is 107 Å². The Balaban J connectivity index is 4.45. The van der Waals surface area contributed by atoms with Gasteiger partial charge in [-0.2, -0.15) is 0 Å². The third-order valence-electron chi connectivity index (χ3n) is 1.92. The number of amides is 2. The highest BCUT2D eigenvalue weighted by molar-refractivity contribution is 5.82. The number of urea groups is 1. The quantitative estimate of drug-likeness (QED) is 0.580. The third kappa shape index (κ3) is 4.30. The maximum Gasteiger partial charge on any atom is 0.326 e. The summed E-state index contributed by atoms with van der Waals surface area (Å²) in [6.07, 6.45) is -0.410. The maximum absolute atomic E-state index is 11.1. The van der Waals surface area contributed by atoms with E-state index in [0.717, 1.165) is 4.90 Å². The molecular weight excluding hydrogens is 204 g/mol. The smallest absolute Gasteiger partial charge is 0.326 e. The highest BCUT2D eigenvalue weighted by Gasteiger charge is 2.26. The number of hydrogen-bond acceptors (Lipinski definition) is 3. The highest BCUT2D eigenvalue weighted by Crippen LogP contribution is 2.06. The van der Waals surface area contributed by atoms with Gasteiger partial charge in [0.25, 0.3) is 0 Å². The fraction of sp³-hybridized carbons (Fsp3) is 0.625. The third-order valence-corrected chi connectivity index (χ3v) is 1.92. The van der Waals surface area contributed by atoms with Crippen molar-refractivity contribution in [1.29, 1.82) is 0 Å². The lowest BCUT2D eigenvalue weighted by atomic mass is 10.1. The minimum absolute atomic E-state index is 0.116. The van der Waals surface area contributed by atoms with E-state index >= 15 is 0 Å². The lowest BCUT2D eigenvalue weighted by molar-refractivity contribution is -0.143. The van der Waals surface area contributed by atoms with Gasteiger partial charge in [-0.15, -0.1) is 0 Å². The van der Waals surface area contributed by atoms with Crippen molar-refractivity contribution in [2.24, 2.45) is 0 Å². The molecule has 0 aliphatic carbocycles. The van der Waals surface area contributed by atoms with Gasteiger partial charge in [-0.1, -0.05) is 0 Å². The molecule has 1 atom stereocenters. The van der Waals surface area contributed by atoms with Gasteiger partial charge in [0.2, 0.25) is 0 Å². The summed E-state index contributed by atoms with van der Waals surface area (Å²) in [6.45, 7) is 0. The molecule has 0 saturated heterocycles. The van der Waals surface area contributed by atoms with E-state index in [1.807, 2.05) is 0 Å². The molecule has 0 spiro atoms. The average molecular weight is 218 g/mol. The maximum atomic E-state index is 11.1. The van der Waals surface area contributed by atoms with Gasteiger partial charge >= 0.3 is 18.0 Å². The molecular formula is C8H14N2O5. The van der Waals surface area contributed by atoms with Gasteiger partial charge in [-0.3, -0.25) is 4.79 Å². The summed E-state index contributed by atoms with van der Waals surface area (Å²) in [5.74, 6) is -2.31. The number of hydrogen-bond donors (Lipinski definition) is 3. The Morgan fingerprint density at radius 1 is 1.33 bits per heavy atom. The Morgan fingerprint density at radius 2 is 1.87 bits per heavy atom. The highest BCUT2D eigenvalue weighted by atomic mass is 16.4. The monoisotopic (exact) mass is 218 g/mol. The second-order valence-corrected chi connectivity index (χ2v) is 2.95. The number of likely N-dealkylation sites (N-methyl/N-ethyl adjacent to an activating group) is 1. The van der Waals surface area contributed by atoms with Crippen LogP contribution in [-0.4, -0.2) is 53.2 Å². The number of carboxylic acids is 2. The zero-order valence-corrected chi connectivity index (χ0v) is 8.56. The predicted octanol–water partition coefficient (Wildman–Crippen LogP) is -0.424. The van der Waals surface area contributed by atoms with E-state index < -0.39 is 24.0 Å². The van der Waals surface area contributed by atoms with Gasteiger partial charge in [0, 0.05) is 20.5 Å². The molecule has 0 fully saturated rings. The second kappa shape index (κ2) is 5.84. The molecule has 0 radical (unpaired) electrons. The fourth-order valence-electron chi connectivity index (χ4n) is 1.06. The molecule has 0 bridgehead atoms. The summed E-state index contributed by atoms with van der Waals surface area (Å²) >= 11 is 0. The van der Waals surface area contributed by atoms with Crippen LogP contribution in [-0.2, 0) is 9.59 Å². The van der Waals surface area contributed by atoms with Crippen LogP contribution in [0.2, 0.25) is 0 Å². The van der Waals surface area contributed by atoms with E-state index in [9.17, 15) is 14.4 Å². The molecule has 0 saturated carbocycles. The van der Waals surface area contributed by atoms with Crippen molar-refractivity contribution in [2.45, 2.75) is 18.9 Å². The van der Waals surface area contributed by atoms with Crippen molar-refractivity contribution >= 4 is 18.0 Å². The van der Waals surface area contributed by atoms with E-state index in [2.05, 4.69) is 5.32 Å². The largest absolute Gasteiger partial charge is 0.481 e. The van der Waals surface area contributed by atoms with Crippen molar-refractivity contribution in [1.82, 2.24) is 10.2 Å². The number of carbonyl (C=O) groups excluding carboxylic acids is 1. The van der Waals surface area contributed by atoms with Crippen LogP contribution in [0.15, 0.2) is 0 Å². The van der Waals surface area contributed by atoms with Crippen LogP contribution in [0.4, 0.5) is 4.79 Å². The van der Waals surface area contributed by atoms with Gasteiger partial charge < -0.3 is 20.4 Å². The molecule has 0 aromatic heterocycles. The predicted molar refractivity (Wildman–Crippen MR) is 50.5 cm³/mol. The van der Waals surface area contributed by atoms with E-state index in [4.69, 9.17) is 10.2 Å². The molecule has 15 heavy (non-hydrogen) atoms. The Kier molecular flexibility index (Phi) is 5.14. The summed E-state index contributed by atoms with van der Waals surface area (Å²) in [4.78, 5) is 33.1. The SMILES string of the molecule is CNC(=O)N(C)C(CCC(=O)O)C(=O)O. The van der Waals surface area contributed by atoms with E-state index in [0.29, 0.717) is 0 Å². The van der Waals surface area contributed by atoms with Crippen molar-refractivity contribution in [2.75, 3.05) is 14.1 Å². The molecule has 1 unspecified atom stereocenters.